The Bertz CT molecular complexity index is 1070. The van der Waals surface area contributed by atoms with Crippen LogP contribution in [0.5, 0.6) is 0 Å². The summed E-state index contributed by atoms with van der Waals surface area (Å²) < 4.78 is 46.3. The van der Waals surface area contributed by atoms with Crippen LogP contribution in [0.1, 0.15) is 0 Å². The molecule has 9 heteroatoms. The molecule has 3 aromatic carbocycles. The van der Waals surface area contributed by atoms with Gasteiger partial charge in [0.15, 0.2) is 5.82 Å². The Balaban J connectivity index is 0.00000225. The van der Waals surface area contributed by atoms with Crippen molar-refractivity contribution in [2.45, 2.75) is 4.90 Å². The fourth-order valence-electron chi connectivity index (χ4n) is 2.29. The Morgan fingerprint density at radius 1 is 0.920 bits per heavy atom. The topological polar surface area (TPSA) is 105 Å². The number of nitrogen functional groups attached to an aromatic ring is 1. The number of rotatable bonds is 3. The number of benzene rings is 3. The van der Waals surface area contributed by atoms with E-state index in [-0.39, 0.29) is 56.9 Å². The van der Waals surface area contributed by atoms with Crippen molar-refractivity contribution in [1.29, 1.82) is 0 Å². The zero-order valence-corrected chi connectivity index (χ0v) is 13.0. The van der Waals surface area contributed by atoms with Gasteiger partial charge in [-0.3, -0.25) is 4.55 Å². The summed E-state index contributed by atoms with van der Waals surface area (Å²) in [5.41, 5.74) is 6.19. The van der Waals surface area contributed by atoms with Crippen LogP contribution in [0.4, 0.5) is 21.5 Å². The fourth-order valence-corrected chi connectivity index (χ4v) is 3.00. The summed E-state index contributed by atoms with van der Waals surface area (Å²) in [7, 11) is -4.49. The number of nitrogens with zero attached hydrogens (tertiary/aromatic N) is 2. The third-order valence-electron chi connectivity index (χ3n) is 3.42. The molecule has 0 saturated carbocycles. The molecule has 0 unspecified atom stereocenters. The van der Waals surface area contributed by atoms with Gasteiger partial charge in [0.1, 0.15) is 16.3 Å². The van der Waals surface area contributed by atoms with Crippen molar-refractivity contribution in [2.24, 2.45) is 10.2 Å². The number of fused-ring (bicyclic) bond motifs is 1. The normalized spacial score (nSPS) is 11.6. The molecule has 25 heavy (non-hydrogen) atoms. The van der Waals surface area contributed by atoms with Crippen molar-refractivity contribution >= 4 is 67.5 Å². The number of anilines is 1. The second-order valence-electron chi connectivity index (χ2n) is 4.98. The van der Waals surface area contributed by atoms with E-state index in [0.29, 0.717) is 5.39 Å². The van der Waals surface area contributed by atoms with E-state index in [4.69, 9.17) is 5.73 Å². The van der Waals surface area contributed by atoms with Crippen molar-refractivity contribution in [1.82, 2.24) is 0 Å². The van der Waals surface area contributed by atoms with Crippen molar-refractivity contribution in [3.05, 3.63) is 60.4 Å². The summed E-state index contributed by atoms with van der Waals surface area (Å²) in [4.78, 5) is -0.338. The molecule has 0 bridgehead atoms. The van der Waals surface area contributed by atoms with Gasteiger partial charge in [-0.05, 0) is 18.2 Å². The number of nitrogens with two attached hydrogens (primary N) is 1. The Hall–Kier alpha value is -1.84. The first-order valence-electron chi connectivity index (χ1n) is 6.83. The van der Waals surface area contributed by atoms with Crippen LogP contribution >= 0.6 is 0 Å². The zero-order chi connectivity index (χ0) is 17.3. The summed E-state index contributed by atoms with van der Waals surface area (Å²) in [6.07, 6.45) is 0. The van der Waals surface area contributed by atoms with E-state index in [1.54, 1.807) is 24.3 Å². The molecular weight excluding hydrogens is 356 g/mol. The van der Waals surface area contributed by atoms with Gasteiger partial charge in [-0.25, -0.2) is 4.39 Å². The fraction of sp³-hybridized carbons (Fsp3) is 0. The van der Waals surface area contributed by atoms with Gasteiger partial charge in [0, 0.05) is 10.8 Å². The second kappa shape index (κ2) is 7.59. The Morgan fingerprint density at radius 3 is 2.12 bits per heavy atom. The molecule has 3 N–H and O–H groups in total. The predicted octanol–water partition coefficient (Wildman–Crippen LogP) is 3.57. The molecule has 0 fully saturated rings. The van der Waals surface area contributed by atoms with E-state index < -0.39 is 15.9 Å². The summed E-state index contributed by atoms with van der Waals surface area (Å²) in [5.74, 6) is -0.574. The third kappa shape index (κ3) is 4.05. The number of azo groups is 1. The van der Waals surface area contributed by atoms with Gasteiger partial charge in [0.25, 0.3) is 10.1 Å². The number of hydrogen-bond donors (Lipinski definition) is 2. The molecule has 0 atom stereocenters. The van der Waals surface area contributed by atoms with Crippen LogP contribution in [0.2, 0.25) is 0 Å². The molecule has 0 radical (unpaired) electrons. The van der Waals surface area contributed by atoms with Gasteiger partial charge in [0.05, 0.1) is 5.69 Å². The molecule has 0 aromatic heterocycles. The van der Waals surface area contributed by atoms with Gasteiger partial charge < -0.3 is 5.73 Å². The summed E-state index contributed by atoms with van der Waals surface area (Å²) in [6, 6.07) is 13.3. The molecule has 0 heterocycles. The minimum atomic E-state index is -4.49. The third-order valence-corrected chi connectivity index (χ3v) is 4.32. The monoisotopic (exact) mass is 369 g/mol. The standard InChI is InChI=1S/C16H12FN3O3S.Na.H/c17-12-7-3-4-8-13(12)19-20-14-9-15(24(21,22)23)10-5-1-2-6-11(10)16(14)18;;/h1-9H,18H2,(H,21,22,23);;. The first kappa shape index (κ1) is 19.5. The molecule has 124 valence electrons. The molecule has 0 aliphatic heterocycles. The van der Waals surface area contributed by atoms with E-state index in [2.05, 4.69) is 10.2 Å². The van der Waals surface area contributed by atoms with Crippen LogP contribution < -0.4 is 5.73 Å². The van der Waals surface area contributed by atoms with Crippen LogP contribution in [0, 0.1) is 5.82 Å². The molecule has 3 rings (SSSR count). The van der Waals surface area contributed by atoms with Crippen molar-refractivity contribution < 1.29 is 17.4 Å². The van der Waals surface area contributed by atoms with Crippen LogP contribution in [0.3, 0.4) is 0 Å². The molecule has 6 nitrogen and oxygen atoms in total. The Morgan fingerprint density at radius 2 is 1.48 bits per heavy atom. The van der Waals surface area contributed by atoms with Gasteiger partial charge in [-0.2, -0.15) is 8.42 Å². The average molecular weight is 369 g/mol. The van der Waals surface area contributed by atoms with E-state index in [0.717, 1.165) is 6.07 Å². The van der Waals surface area contributed by atoms with E-state index in [1.165, 1.54) is 24.3 Å². The first-order valence-corrected chi connectivity index (χ1v) is 8.27. The summed E-state index contributed by atoms with van der Waals surface area (Å²) in [5, 5.41) is 8.27. The quantitative estimate of drug-likeness (QED) is 0.319. The van der Waals surface area contributed by atoms with Gasteiger partial charge in [-0.1, -0.05) is 36.4 Å². The van der Waals surface area contributed by atoms with Crippen LogP contribution in [-0.4, -0.2) is 42.5 Å². The van der Waals surface area contributed by atoms with Gasteiger partial charge in [-0.15, -0.1) is 10.2 Å². The molecule has 0 spiro atoms. The van der Waals surface area contributed by atoms with E-state index >= 15 is 0 Å². The van der Waals surface area contributed by atoms with E-state index in [1.807, 2.05) is 0 Å². The SMILES string of the molecule is Nc1c(N=Nc2ccccc2F)cc(S(=O)(=O)O)c2ccccc12.[NaH]. The second-order valence-corrected chi connectivity index (χ2v) is 6.37. The maximum atomic E-state index is 13.6. The van der Waals surface area contributed by atoms with Crippen molar-refractivity contribution in [3.63, 3.8) is 0 Å². The first-order chi connectivity index (χ1) is 11.4. The summed E-state index contributed by atoms with van der Waals surface area (Å²) in [6.45, 7) is 0. The zero-order valence-electron chi connectivity index (χ0n) is 12.2. The molecule has 3 aromatic rings. The number of hydrogen-bond acceptors (Lipinski definition) is 5. The van der Waals surface area contributed by atoms with Crippen molar-refractivity contribution in [2.75, 3.05) is 5.73 Å². The molecule has 0 aliphatic carbocycles. The van der Waals surface area contributed by atoms with E-state index in [9.17, 15) is 17.4 Å². The molecule has 0 aliphatic rings. The van der Waals surface area contributed by atoms with Gasteiger partial charge in [0.2, 0.25) is 0 Å². The Kier molecular flexibility index (Phi) is 5.91. The van der Waals surface area contributed by atoms with Gasteiger partial charge >= 0.3 is 29.6 Å². The van der Waals surface area contributed by atoms with Crippen LogP contribution in [0.25, 0.3) is 10.8 Å². The Labute approximate surface area is 165 Å². The van der Waals surface area contributed by atoms with Crippen LogP contribution in [0.15, 0.2) is 69.7 Å². The van der Waals surface area contributed by atoms with Crippen LogP contribution in [-0.2, 0) is 10.1 Å². The predicted molar refractivity (Wildman–Crippen MR) is 95.9 cm³/mol. The average Bonchev–Trinajstić information content (AvgIpc) is 2.54. The minimum absolute atomic E-state index is 0. The molecule has 0 saturated heterocycles. The number of halogens is 1. The maximum absolute atomic E-state index is 13.6. The molecular formula is C16H13FN3NaO3S. The molecule has 0 amide bonds. The summed E-state index contributed by atoms with van der Waals surface area (Å²) >= 11 is 0. The van der Waals surface area contributed by atoms with Crippen molar-refractivity contribution in [3.8, 4) is 0 Å².